The summed E-state index contributed by atoms with van der Waals surface area (Å²) in [6.45, 7) is 4.71. The highest BCUT2D eigenvalue weighted by molar-refractivity contribution is 7.12. The Morgan fingerprint density at radius 1 is 1.47 bits per heavy atom. The molecule has 3 heteroatoms. The van der Waals surface area contributed by atoms with Gasteiger partial charge in [0.25, 0.3) is 0 Å². The first-order valence-corrected chi connectivity index (χ1v) is 6.45. The summed E-state index contributed by atoms with van der Waals surface area (Å²) >= 11 is 1.87. The topological polar surface area (TPSA) is 46.2 Å². The Hall–Kier alpha value is -0.380. The van der Waals surface area contributed by atoms with Gasteiger partial charge in [0, 0.05) is 16.3 Å². The summed E-state index contributed by atoms with van der Waals surface area (Å²) in [5, 5.41) is 9.48. The van der Waals surface area contributed by atoms with Crippen LogP contribution in [-0.4, -0.2) is 17.8 Å². The fourth-order valence-corrected chi connectivity index (χ4v) is 2.84. The molecule has 1 aromatic rings. The van der Waals surface area contributed by atoms with Crippen LogP contribution in [0.1, 0.15) is 42.4 Å². The quantitative estimate of drug-likeness (QED) is 0.784. The van der Waals surface area contributed by atoms with Crippen molar-refractivity contribution in [2.45, 2.75) is 45.1 Å². The molecule has 0 saturated heterocycles. The van der Waals surface area contributed by atoms with Crippen LogP contribution in [0.2, 0.25) is 0 Å². The van der Waals surface area contributed by atoms with Crippen molar-refractivity contribution in [3.63, 3.8) is 0 Å². The van der Waals surface area contributed by atoms with Crippen LogP contribution >= 0.6 is 11.3 Å². The summed E-state index contributed by atoms with van der Waals surface area (Å²) in [7, 11) is 0. The molecule has 2 atom stereocenters. The zero-order valence-electron chi connectivity index (χ0n) is 9.57. The first-order valence-electron chi connectivity index (χ1n) is 5.64. The van der Waals surface area contributed by atoms with E-state index >= 15 is 0 Å². The van der Waals surface area contributed by atoms with E-state index in [1.807, 2.05) is 11.3 Å². The predicted octanol–water partition coefficient (Wildman–Crippen LogP) is 2.51. The number of hydrogen-bond donors (Lipinski definition) is 2. The smallest absolute Gasteiger partial charge is 0.0668 e. The van der Waals surface area contributed by atoms with Gasteiger partial charge in [-0.15, -0.1) is 11.3 Å². The number of thiophene rings is 1. The van der Waals surface area contributed by atoms with Crippen LogP contribution < -0.4 is 5.73 Å². The lowest BCUT2D eigenvalue weighted by Crippen LogP contribution is -2.21. The van der Waals surface area contributed by atoms with Crippen molar-refractivity contribution in [2.24, 2.45) is 5.73 Å². The van der Waals surface area contributed by atoms with Gasteiger partial charge in [-0.3, -0.25) is 0 Å². The highest BCUT2D eigenvalue weighted by Crippen LogP contribution is 2.28. The second kappa shape index (κ2) is 6.26. The maximum atomic E-state index is 9.48. The van der Waals surface area contributed by atoms with Crippen molar-refractivity contribution < 1.29 is 5.11 Å². The summed E-state index contributed by atoms with van der Waals surface area (Å²) in [6, 6.07) is 4.39. The lowest BCUT2D eigenvalue weighted by atomic mass is 10.0. The zero-order chi connectivity index (χ0) is 11.3. The molecule has 0 aliphatic heterocycles. The third kappa shape index (κ3) is 3.93. The molecule has 2 unspecified atom stereocenters. The van der Waals surface area contributed by atoms with Gasteiger partial charge in [0.05, 0.1) is 6.10 Å². The lowest BCUT2D eigenvalue weighted by molar-refractivity contribution is 0.165. The van der Waals surface area contributed by atoms with Crippen molar-refractivity contribution in [3.8, 4) is 0 Å². The molecule has 1 heterocycles. The largest absolute Gasteiger partial charge is 0.392 e. The van der Waals surface area contributed by atoms with Gasteiger partial charge in [-0.1, -0.05) is 20.3 Å². The Morgan fingerprint density at radius 3 is 2.80 bits per heavy atom. The molecule has 3 N–H and O–H groups in total. The first-order chi connectivity index (χ1) is 7.17. The third-order valence-electron chi connectivity index (χ3n) is 2.56. The molecule has 0 fully saturated rings. The van der Waals surface area contributed by atoms with Crippen molar-refractivity contribution in [1.82, 2.24) is 0 Å². The van der Waals surface area contributed by atoms with E-state index in [0.717, 1.165) is 12.8 Å². The molecule has 0 spiro atoms. The first kappa shape index (κ1) is 12.7. The van der Waals surface area contributed by atoms with E-state index in [0.29, 0.717) is 12.5 Å². The van der Waals surface area contributed by atoms with E-state index in [9.17, 15) is 5.11 Å². The molecular weight excluding hydrogens is 206 g/mol. The minimum absolute atomic E-state index is 0.359. The standard InChI is InChI=1S/C12H21NOS/c1-3-4-11-5-6-12(15-11)9(2)7-10(14)8-13/h5-6,9-10,14H,3-4,7-8,13H2,1-2H3. The highest BCUT2D eigenvalue weighted by atomic mass is 32.1. The SMILES string of the molecule is CCCc1ccc(C(C)CC(O)CN)s1. The minimum Gasteiger partial charge on any atom is -0.392 e. The van der Waals surface area contributed by atoms with Gasteiger partial charge < -0.3 is 10.8 Å². The van der Waals surface area contributed by atoms with E-state index in [4.69, 9.17) is 5.73 Å². The average Bonchev–Trinajstić information content (AvgIpc) is 2.67. The van der Waals surface area contributed by atoms with Gasteiger partial charge in [-0.25, -0.2) is 0 Å². The van der Waals surface area contributed by atoms with Gasteiger partial charge in [-0.2, -0.15) is 0 Å². The Labute approximate surface area is 96.1 Å². The van der Waals surface area contributed by atoms with Crippen LogP contribution in [0.3, 0.4) is 0 Å². The number of rotatable bonds is 6. The zero-order valence-corrected chi connectivity index (χ0v) is 10.4. The Balaban J connectivity index is 2.53. The van der Waals surface area contributed by atoms with Crippen LogP contribution in [-0.2, 0) is 6.42 Å². The molecule has 0 radical (unpaired) electrons. The van der Waals surface area contributed by atoms with Crippen LogP contribution in [0.15, 0.2) is 12.1 Å². The van der Waals surface area contributed by atoms with Crippen LogP contribution in [0.4, 0.5) is 0 Å². The fourth-order valence-electron chi connectivity index (χ4n) is 1.66. The van der Waals surface area contributed by atoms with Crippen molar-refractivity contribution in [1.29, 1.82) is 0 Å². The maximum Gasteiger partial charge on any atom is 0.0668 e. The van der Waals surface area contributed by atoms with Gasteiger partial charge in [0.2, 0.25) is 0 Å². The molecule has 0 bridgehead atoms. The summed E-state index contributed by atoms with van der Waals surface area (Å²) in [5.74, 6) is 0.416. The fraction of sp³-hybridized carbons (Fsp3) is 0.667. The highest BCUT2D eigenvalue weighted by Gasteiger charge is 2.12. The van der Waals surface area contributed by atoms with E-state index in [-0.39, 0.29) is 6.10 Å². The number of aryl methyl sites for hydroxylation is 1. The Bertz CT molecular complexity index is 285. The molecule has 15 heavy (non-hydrogen) atoms. The van der Waals surface area contributed by atoms with Crippen molar-refractivity contribution >= 4 is 11.3 Å². The molecule has 0 saturated carbocycles. The number of aliphatic hydroxyl groups excluding tert-OH is 1. The van der Waals surface area contributed by atoms with Crippen LogP contribution in [0.5, 0.6) is 0 Å². The second-order valence-corrected chi connectivity index (χ2v) is 5.28. The number of aliphatic hydroxyl groups is 1. The number of hydrogen-bond acceptors (Lipinski definition) is 3. The van der Waals surface area contributed by atoms with Crippen molar-refractivity contribution in [3.05, 3.63) is 21.9 Å². The molecule has 0 aliphatic rings. The molecule has 2 nitrogen and oxygen atoms in total. The average molecular weight is 227 g/mol. The second-order valence-electron chi connectivity index (χ2n) is 4.08. The van der Waals surface area contributed by atoms with Gasteiger partial charge in [0.15, 0.2) is 0 Å². The molecule has 86 valence electrons. The maximum absolute atomic E-state index is 9.48. The van der Waals surface area contributed by atoms with Gasteiger partial charge >= 0.3 is 0 Å². The Morgan fingerprint density at radius 2 is 2.20 bits per heavy atom. The molecular formula is C12H21NOS. The molecule has 1 aromatic heterocycles. The van der Waals surface area contributed by atoms with E-state index in [1.54, 1.807) is 0 Å². The van der Waals surface area contributed by atoms with Crippen molar-refractivity contribution in [2.75, 3.05) is 6.54 Å². The van der Waals surface area contributed by atoms with E-state index in [2.05, 4.69) is 26.0 Å². The molecule has 0 aliphatic carbocycles. The lowest BCUT2D eigenvalue weighted by Gasteiger charge is -2.13. The van der Waals surface area contributed by atoms with Crippen LogP contribution in [0, 0.1) is 0 Å². The molecule has 0 amide bonds. The number of nitrogens with two attached hydrogens (primary N) is 1. The minimum atomic E-state index is -0.364. The predicted molar refractivity (Wildman–Crippen MR) is 66.4 cm³/mol. The summed E-state index contributed by atoms with van der Waals surface area (Å²) in [4.78, 5) is 2.81. The third-order valence-corrected chi connectivity index (χ3v) is 3.94. The summed E-state index contributed by atoms with van der Waals surface area (Å²) in [6.07, 6.45) is 2.76. The molecule has 1 rings (SSSR count). The van der Waals surface area contributed by atoms with E-state index < -0.39 is 0 Å². The van der Waals surface area contributed by atoms with Gasteiger partial charge in [-0.05, 0) is 30.9 Å². The molecule has 0 aromatic carbocycles. The summed E-state index contributed by atoms with van der Waals surface area (Å²) < 4.78 is 0. The van der Waals surface area contributed by atoms with Crippen LogP contribution in [0.25, 0.3) is 0 Å². The Kier molecular flexibility index (Phi) is 5.29. The normalized spacial score (nSPS) is 15.2. The summed E-state index contributed by atoms with van der Waals surface area (Å²) in [5.41, 5.74) is 5.40. The monoisotopic (exact) mass is 227 g/mol. The van der Waals surface area contributed by atoms with E-state index in [1.165, 1.54) is 16.2 Å². The van der Waals surface area contributed by atoms with Gasteiger partial charge in [0.1, 0.15) is 0 Å².